The molecule has 1 aromatic carbocycles. The van der Waals surface area contributed by atoms with Gasteiger partial charge in [-0.25, -0.2) is 0 Å². The quantitative estimate of drug-likeness (QED) is 0.822. The number of alkyl halides is 3. The van der Waals surface area contributed by atoms with Crippen LogP contribution in [0, 0.1) is 23.7 Å². The molecule has 1 amide bonds. The van der Waals surface area contributed by atoms with E-state index >= 15 is 0 Å². The molecule has 2 aliphatic carbocycles. The summed E-state index contributed by atoms with van der Waals surface area (Å²) in [5.41, 5.74) is -0.988. The minimum atomic E-state index is -4.53. The summed E-state index contributed by atoms with van der Waals surface area (Å²) in [5.74, 6) is -1.81. The van der Waals surface area contributed by atoms with Crippen LogP contribution < -0.4 is 5.32 Å². The zero-order valence-electron chi connectivity index (χ0n) is 12.3. The second kappa shape index (κ2) is 5.12. The first-order valence-electron chi connectivity index (χ1n) is 7.64. The normalized spacial score (nSPS) is 33.7. The van der Waals surface area contributed by atoms with E-state index in [2.05, 4.69) is 5.32 Å². The van der Waals surface area contributed by atoms with Gasteiger partial charge in [0.2, 0.25) is 5.91 Å². The van der Waals surface area contributed by atoms with E-state index < -0.39 is 29.5 Å². The van der Waals surface area contributed by atoms with Crippen LogP contribution in [0.4, 0.5) is 18.9 Å². The van der Waals surface area contributed by atoms with Crippen molar-refractivity contribution in [2.45, 2.75) is 25.1 Å². The summed E-state index contributed by atoms with van der Waals surface area (Å²) >= 11 is 5.91. The Morgan fingerprint density at radius 1 is 1.29 bits per heavy atom. The molecule has 1 aromatic rings. The van der Waals surface area contributed by atoms with Crippen LogP contribution in [-0.2, 0) is 20.5 Å². The van der Waals surface area contributed by atoms with Gasteiger partial charge in [-0.2, -0.15) is 13.2 Å². The number of esters is 1. The molecule has 24 heavy (non-hydrogen) atoms. The molecule has 2 saturated carbocycles. The average molecular weight is 360 g/mol. The lowest BCUT2D eigenvalue weighted by Gasteiger charge is -2.24. The van der Waals surface area contributed by atoms with Gasteiger partial charge in [-0.3, -0.25) is 9.59 Å². The van der Waals surface area contributed by atoms with Gasteiger partial charge in [0.05, 0.1) is 28.1 Å². The Bertz CT molecular complexity index is 734. The van der Waals surface area contributed by atoms with Crippen LogP contribution in [0.5, 0.6) is 0 Å². The lowest BCUT2D eigenvalue weighted by atomic mass is 9.79. The summed E-state index contributed by atoms with van der Waals surface area (Å²) in [5, 5.41) is 2.49. The number of carbonyl (C=O) groups is 2. The number of ether oxygens (including phenoxy) is 1. The van der Waals surface area contributed by atoms with Gasteiger partial charge in [-0.15, -0.1) is 0 Å². The highest BCUT2D eigenvalue weighted by atomic mass is 35.5. The number of amides is 1. The van der Waals surface area contributed by atoms with Crippen molar-refractivity contribution in [2.24, 2.45) is 23.7 Å². The maximum Gasteiger partial charge on any atom is 0.416 e. The van der Waals surface area contributed by atoms with E-state index in [9.17, 15) is 22.8 Å². The predicted octanol–water partition coefficient (Wildman–Crippen LogP) is 3.49. The van der Waals surface area contributed by atoms with Crippen molar-refractivity contribution in [1.29, 1.82) is 0 Å². The number of halogens is 4. The maximum absolute atomic E-state index is 12.8. The molecule has 0 spiro atoms. The van der Waals surface area contributed by atoms with Crippen LogP contribution in [-0.4, -0.2) is 18.0 Å². The van der Waals surface area contributed by atoms with Crippen LogP contribution in [0.25, 0.3) is 0 Å². The first-order valence-corrected chi connectivity index (χ1v) is 8.01. The summed E-state index contributed by atoms with van der Waals surface area (Å²) in [4.78, 5) is 24.5. The van der Waals surface area contributed by atoms with E-state index in [-0.39, 0.29) is 34.6 Å². The average Bonchev–Trinajstić information content (AvgIpc) is 3.09. The number of rotatable bonds is 2. The molecule has 0 radical (unpaired) electrons. The Kier molecular flexibility index (Phi) is 3.36. The van der Waals surface area contributed by atoms with E-state index in [1.165, 1.54) is 0 Å². The molecule has 0 unspecified atom stereocenters. The van der Waals surface area contributed by atoms with E-state index in [0.29, 0.717) is 6.42 Å². The minimum Gasteiger partial charge on any atom is -0.462 e. The first kappa shape index (κ1) is 15.7. The topological polar surface area (TPSA) is 55.4 Å². The monoisotopic (exact) mass is 359 g/mol. The zero-order chi connectivity index (χ0) is 17.2. The van der Waals surface area contributed by atoms with E-state index in [1.807, 2.05) is 0 Å². The largest absolute Gasteiger partial charge is 0.462 e. The molecule has 4 nitrogen and oxygen atoms in total. The summed E-state index contributed by atoms with van der Waals surface area (Å²) in [6.45, 7) is 0. The van der Waals surface area contributed by atoms with Gasteiger partial charge < -0.3 is 10.1 Å². The summed E-state index contributed by atoms with van der Waals surface area (Å²) < 4.78 is 43.7. The van der Waals surface area contributed by atoms with E-state index in [4.69, 9.17) is 16.3 Å². The molecule has 1 saturated heterocycles. The predicted molar refractivity (Wildman–Crippen MR) is 78.2 cm³/mol. The lowest BCUT2D eigenvalue weighted by Crippen LogP contribution is -2.36. The Morgan fingerprint density at radius 3 is 2.75 bits per heavy atom. The number of hydrogen-bond acceptors (Lipinski definition) is 3. The standard InChI is InChI=1S/C16H13ClF3NO3/c17-9-2-1-7(16(18,19)20)5-10(9)21-14(22)12-6-3-8-11(4-6)24-15(23)13(8)12/h1-2,5-6,8,11-13H,3-4H2,(H,21,22)/t6-,8+,11+,12-,13+/m1/s1. The Balaban J connectivity index is 1.58. The van der Waals surface area contributed by atoms with Crippen molar-refractivity contribution in [3.05, 3.63) is 28.8 Å². The summed E-state index contributed by atoms with van der Waals surface area (Å²) in [7, 11) is 0. The third kappa shape index (κ3) is 2.29. The van der Waals surface area contributed by atoms with Crippen LogP contribution in [0.1, 0.15) is 18.4 Å². The molecule has 1 aliphatic heterocycles. The molecular formula is C16H13ClF3NO3. The zero-order valence-corrected chi connectivity index (χ0v) is 13.0. The number of benzene rings is 1. The van der Waals surface area contributed by atoms with Crippen molar-refractivity contribution in [2.75, 3.05) is 5.32 Å². The van der Waals surface area contributed by atoms with Crippen molar-refractivity contribution >= 4 is 29.2 Å². The molecule has 1 N–H and O–H groups in total. The van der Waals surface area contributed by atoms with Gasteiger partial charge in [0, 0.05) is 5.92 Å². The van der Waals surface area contributed by atoms with E-state index in [0.717, 1.165) is 24.6 Å². The molecule has 5 atom stereocenters. The SMILES string of the molecule is O=C(Nc1cc(C(F)(F)F)ccc1Cl)[C@@H]1[C@@H]2C[C@@H]3[C@@H]1C(=O)O[C@H]3C2. The van der Waals surface area contributed by atoms with Crippen LogP contribution in [0.15, 0.2) is 18.2 Å². The van der Waals surface area contributed by atoms with Gasteiger partial charge >= 0.3 is 12.1 Å². The lowest BCUT2D eigenvalue weighted by molar-refractivity contribution is -0.145. The third-order valence-electron chi connectivity index (χ3n) is 5.34. The van der Waals surface area contributed by atoms with Crippen LogP contribution in [0.2, 0.25) is 5.02 Å². The maximum atomic E-state index is 12.8. The third-order valence-corrected chi connectivity index (χ3v) is 5.67. The molecule has 2 bridgehead atoms. The van der Waals surface area contributed by atoms with Crippen molar-refractivity contribution in [3.8, 4) is 0 Å². The van der Waals surface area contributed by atoms with Crippen LogP contribution in [0.3, 0.4) is 0 Å². The van der Waals surface area contributed by atoms with Gasteiger partial charge in [0.25, 0.3) is 0 Å². The van der Waals surface area contributed by atoms with Gasteiger partial charge in [0.1, 0.15) is 6.10 Å². The Labute approximate surface area is 140 Å². The number of hydrogen-bond donors (Lipinski definition) is 1. The highest BCUT2D eigenvalue weighted by Crippen LogP contribution is 2.57. The second-order valence-corrected chi connectivity index (χ2v) is 7.01. The van der Waals surface area contributed by atoms with Crippen molar-refractivity contribution in [1.82, 2.24) is 0 Å². The fourth-order valence-electron chi connectivity index (χ4n) is 4.38. The molecule has 8 heteroatoms. The first-order chi connectivity index (χ1) is 11.3. The summed E-state index contributed by atoms with van der Waals surface area (Å²) in [6.07, 6.45) is -3.25. The van der Waals surface area contributed by atoms with Gasteiger partial charge in [-0.05, 0) is 37.0 Å². The fourth-order valence-corrected chi connectivity index (χ4v) is 4.54. The van der Waals surface area contributed by atoms with Crippen molar-refractivity contribution in [3.63, 3.8) is 0 Å². The van der Waals surface area contributed by atoms with Gasteiger partial charge in [0.15, 0.2) is 0 Å². The molecule has 4 rings (SSSR count). The second-order valence-electron chi connectivity index (χ2n) is 6.60. The number of nitrogens with one attached hydrogen (secondary N) is 1. The van der Waals surface area contributed by atoms with Crippen molar-refractivity contribution < 1.29 is 27.5 Å². The molecule has 1 heterocycles. The Hall–Kier alpha value is -1.76. The molecule has 3 fully saturated rings. The summed E-state index contributed by atoms with van der Waals surface area (Å²) in [6, 6.07) is 2.76. The van der Waals surface area contributed by atoms with Gasteiger partial charge in [-0.1, -0.05) is 11.6 Å². The smallest absolute Gasteiger partial charge is 0.416 e. The Morgan fingerprint density at radius 2 is 2.04 bits per heavy atom. The minimum absolute atomic E-state index is 0.0198. The number of carbonyl (C=O) groups excluding carboxylic acids is 2. The highest BCUT2D eigenvalue weighted by Gasteiger charge is 2.63. The number of anilines is 1. The molecular weight excluding hydrogens is 347 g/mol. The fraction of sp³-hybridized carbons (Fsp3) is 0.500. The molecule has 128 valence electrons. The van der Waals surface area contributed by atoms with E-state index in [1.54, 1.807) is 0 Å². The van der Waals surface area contributed by atoms with Crippen LogP contribution >= 0.6 is 11.6 Å². The highest BCUT2D eigenvalue weighted by molar-refractivity contribution is 6.33. The number of fused-ring (bicyclic) bond motifs is 1. The molecule has 3 aliphatic rings. The molecule has 0 aromatic heterocycles.